The monoisotopic (exact) mass is 478 g/mol. The molecule has 5 heteroatoms. The zero-order chi connectivity index (χ0) is 25.2. The summed E-state index contributed by atoms with van der Waals surface area (Å²) >= 11 is 0. The van der Waals surface area contributed by atoms with E-state index in [-0.39, 0.29) is 42.3 Å². The molecule has 1 atom stereocenters. The fraction of sp³-hybridized carbons (Fsp3) is 0.533. The minimum absolute atomic E-state index is 0.115. The molecule has 0 unspecified atom stereocenters. The number of carbonyl (C=O) groups excluding carboxylic acids is 2. The van der Waals surface area contributed by atoms with E-state index in [9.17, 15) is 9.59 Å². The average molecular weight is 479 g/mol. The van der Waals surface area contributed by atoms with E-state index in [0.29, 0.717) is 18.0 Å². The van der Waals surface area contributed by atoms with E-state index in [4.69, 9.17) is 4.74 Å². The smallest absolute Gasteiger partial charge is 0.307 e. The number of carbonyl (C=O) groups is 2. The number of hydrogen-bond acceptors (Lipinski definition) is 4. The van der Waals surface area contributed by atoms with Crippen LogP contribution in [0.4, 0.5) is 0 Å². The van der Waals surface area contributed by atoms with Gasteiger partial charge < -0.3 is 4.74 Å². The summed E-state index contributed by atoms with van der Waals surface area (Å²) in [5.41, 5.74) is 4.87. The molecule has 0 saturated heterocycles. The summed E-state index contributed by atoms with van der Waals surface area (Å²) in [4.78, 5) is 26.5. The first-order valence-corrected chi connectivity index (χ1v) is 13.2. The lowest BCUT2D eigenvalue weighted by molar-refractivity contribution is -0.156. The summed E-state index contributed by atoms with van der Waals surface area (Å²) in [5.74, 6) is 0.501. The lowest BCUT2D eigenvalue weighted by atomic mass is 9.82. The van der Waals surface area contributed by atoms with Gasteiger partial charge in [-0.25, -0.2) is 5.01 Å². The van der Waals surface area contributed by atoms with Crippen molar-refractivity contribution in [1.82, 2.24) is 10.4 Å². The standard InChI is InChI=1S/C30H42N2O3/c1-22(2)29(23(3)4)35-28(33)20-27(25-16-10-6-11-17-25)32(21-24-14-8-5-9-15-24)31-30(34)26-18-12-7-13-19-26/h5,7-9,12-15,18-19,22-23,25,27,29H,6,10-11,16-17,20-21H2,1-4H3,(H,31,34)/t27-/m0/s1. The third kappa shape index (κ3) is 8.21. The molecular formula is C30H42N2O3. The first kappa shape index (κ1) is 26.9. The van der Waals surface area contributed by atoms with Crippen molar-refractivity contribution in [1.29, 1.82) is 0 Å². The third-order valence-corrected chi connectivity index (χ3v) is 7.03. The Kier molecular flexibility index (Phi) is 10.3. The van der Waals surface area contributed by atoms with E-state index in [0.717, 1.165) is 31.2 Å². The van der Waals surface area contributed by atoms with Crippen molar-refractivity contribution in [2.75, 3.05) is 0 Å². The molecule has 0 heterocycles. The summed E-state index contributed by atoms with van der Waals surface area (Å²) in [5, 5.41) is 2.00. The zero-order valence-corrected chi connectivity index (χ0v) is 21.8. The van der Waals surface area contributed by atoms with E-state index >= 15 is 0 Å². The van der Waals surface area contributed by atoms with Gasteiger partial charge in [-0.2, -0.15) is 0 Å². The van der Waals surface area contributed by atoms with E-state index in [2.05, 4.69) is 45.3 Å². The predicted octanol–water partition coefficient (Wildman–Crippen LogP) is 6.40. The second-order valence-corrected chi connectivity index (χ2v) is 10.5. The SMILES string of the molecule is CC(C)C(OC(=O)C[C@@H](C1CCCCC1)N(Cc1ccccc1)NC(=O)c1ccccc1)C(C)C. The number of nitrogens with zero attached hydrogens (tertiary/aromatic N) is 1. The first-order chi connectivity index (χ1) is 16.8. The maximum atomic E-state index is 13.3. The van der Waals surface area contributed by atoms with Crippen molar-refractivity contribution in [2.45, 2.75) is 84.9 Å². The van der Waals surface area contributed by atoms with Gasteiger partial charge in [0.25, 0.3) is 5.91 Å². The zero-order valence-electron chi connectivity index (χ0n) is 21.8. The highest BCUT2D eigenvalue weighted by atomic mass is 16.5. The van der Waals surface area contributed by atoms with Crippen LogP contribution in [0.2, 0.25) is 0 Å². The number of hydrogen-bond donors (Lipinski definition) is 1. The molecule has 0 bridgehead atoms. The van der Waals surface area contributed by atoms with Crippen LogP contribution in [0.3, 0.4) is 0 Å². The minimum atomic E-state index is -0.181. The number of amides is 1. The maximum Gasteiger partial charge on any atom is 0.307 e. The number of nitrogens with one attached hydrogen (secondary N) is 1. The number of ether oxygens (including phenoxy) is 1. The van der Waals surface area contributed by atoms with Crippen molar-refractivity contribution in [3.05, 3.63) is 71.8 Å². The molecule has 35 heavy (non-hydrogen) atoms. The molecule has 1 N–H and O–H groups in total. The van der Waals surface area contributed by atoms with Gasteiger partial charge in [0, 0.05) is 18.2 Å². The fourth-order valence-electron chi connectivity index (χ4n) is 5.27. The first-order valence-electron chi connectivity index (χ1n) is 13.2. The molecule has 0 spiro atoms. The second kappa shape index (κ2) is 13.4. The molecule has 1 aliphatic carbocycles. The number of hydrazine groups is 1. The quantitative estimate of drug-likeness (QED) is 0.300. The van der Waals surface area contributed by atoms with E-state index in [1.165, 1.54) is 6.42 Å². The van der Waals surface area contributed by atoms with Crippen molar-refractivity contribution in [3.8, 4) is 0 Å². The number of rotatable bonds is 11. The molecule has 1 saturated carbocycles. The summed E-state index contributed by atoms with van der Waals surface area (Å²) in [6.07, 6.45) is 5.81. The molecule has 1 aliphatic rings. The fourth-order valence-corrected chi connectivity index (χ4v) is 5.27. The lowest BCUT2D eigenvalue weighted by Crippen LogP contribution is -2.52. The molecule has 1 fully saturated rings. The molecule has 5 nitrogen and oxygen atoms in total. The topological polar surface area (TPSA) is 58.6 Å². The van der Waals surface area contributed by atoms with Gasteiger partial charge in [-0.15, -0.1) is 0 Å². The van der Waals surface area contributed by atoms with Crippen molar-refractivity contribution in [2.24, 2.45) is 17.8 Å². The van der Waals surface area contributed by atoms with E-state index in [1.807, 2.05) is 53.5 Å². The Balaban J connectivity index is 1.87. The molecule has 0 aliphatic heterocycles. The van der Waals surface area contributed by atoms with Crippen LogP contribution in [0.25, 0.3) is 0 Å². The summed E-state index contributed by atoms with van der Waals surface area (Å²) in [6, 6.07) is 19.3. The maximum absolute atomic E-state index is 13.3. The normalized spacial score (nSPS) is 15.5. The van der Waals surface area contributed by atoms with Gasteiger partial charge in [-0.3, -0.25) is 15.0 Å². The van der Waals surface area contributed by atoms with Gasteiger partial charge in [0.15, 0.2) is 0 Å². The van der Waals surface area contributed by atoms with Crippen LogP contribution in [0, 0.1) is 17.8 Å². The van der Waals surface area contributed by atoms with Crippen LogP contribution in [-0.4, -0.2) is 29.0 Å². The molecule has 3 rings (SSSR count). The average Bonchev–Trinajstić information content (AvgIpc) is 2.86. The Labute approximate surface area is 211 Å². The summed E-state index contributed by atoms with van der Waals surface area (Å²) in [6.45, 7) is 8.92. The third-order valence-electron chi connectivity index (χ3n) is 7.03. The number of esters is 1. The van der Waals surface area contributed by atoms with Crippen LogP contribution < -0.4 is 5.43 Å². The highest BCUT2D eigenvalue weighted by Crippen LogP contribution is 2.32. The minimum Gasteiger partial charge on any atom is -0.462 e. The van der Waals surface area contributed by atoms with Gasteiger partial charge in [0.2, 0.25) is 0 Å². The Hall–Kier alpha value is -2.66. The van der Waals surface area contributed by atoms with Crippen LogP contribution in [0.1, 0.15) is 82.1 Å². The summed E-state index contributed by atoms with van der Waals surface area (Å²) < 4.78 is 6.01. The van der Waals surface area contributed by atoms with Gasteiger partial charge in [-0.1, -0.05) is 95.5 Å². The predicted molar refractivity (Wildman–Crippen MR) is 140 cm³/mol. The summed E-state index contributed by atoms with van der Waals surface area (Å²) in [7, 11) is 0. The van der Waals surface area contributed by atoms with Crippen LogP contribution in [-0.2, 0) is 16.1 Å². The number of benzene rings is 2. The van der Waals surface area contributed by atoms with Crippen molar-refractivity contribution in [3.63, 3.8) is 0 Å². The van der Waals surface area contributed by atoms with Crippen LogP contribution in [0.5, 0.6) is 0 Å². The lowest BCUT2D eigenvalue weighted by Gasteiger charge is -2.39. The Morgan fingerprint density at radius 2 is 1.46 bits per heavy atom. The van der Waals surface area contributed by atoms with Gasteiger partial charge in [-0.05, 0) is 48.3 Å². The highest BCUT2D eigenvalue weighted by Gasteiger charge is 2.34. The van der Waals surface area contributed by atoms with Gasteiger partial charge >= 0.3 is 5.97 Å². The Morgan fingerprint density at radius 3 is 2.03 bits per heavy atom. The molecule has 2 aromatic carbocycles. The molecule has 190 valence electrons. The molecule has 0 radical (unpaired) electrons. The molecule has 2 aromatic rings. The van der Waals surface area contributed by atoms with Crippen molar-refractivity contribution >= 4 is 11.9 Å². The Bertz CT molecular complexity index is 900. The highest BCUT2D eigenvalue weighted by molar-refractivity contribution is 5.93. The second-order valence-electron chi connectivity index (χ2n) is 10.5. The Morgan fingerprint density at radius 1 is 0.886 bits per heavy atom. The molecule has 1 amide bonds. The molecule has 0 aromatic heterocycles. The van der Waals surface area contributed by atoms with Gasteiger partial charge in [0.05, 0.1) is 6.42 Å². The van der Waals surface area contributed by atoms with Crippen molar-refractivity contribution < 1.29 is 14.3 Å². The van der Waals surface area contributed by atoms with Crippen LogP contribution >= 0.6 is 0 Å². The van der Waals surface area contributed by atoms with Gasteiger partial charge in [0.1, 0.15) is 6.10 Å². The van der Waals surface area contributed by atoms with E-state index < -0.39 is 0 Å². The molecular weight excluding hydrogens is 436 g/mol. The van der Waals surface area contributed by atoms with Crippen LogP contribution in [0.15, 0.2) is 60.7 Å². The van der Waals surface area contributed by atoms with E-state index in [1.54, 1.807) is 0 Å². The largest absolute Gasteiger partial charge is 0.462 e.